The highest BCUT2D eigenvalue weighted by Gasteiger charge is 2.14. The van der Waals surface area contributed by atoms with E-state index in [9.17, 15) is 4.79 Å². The molecular weight excluding hydrogens is 350 g/mol. The number of rotatable bonds is 5. The number of nitrogens with zero attached hydrogens (tertiary/aromatic N) is 1. The smallest absolute Gasteiger partial charge is 0.193 e. The molecule has 5 heteroatoms. The molecular formula is C21H20ClNO3. The summed E-state index contributed by atoms with van der Waals surface area (Å²) >= 11 is 6.22. The van der Waals surface area contributed by atoms with Gasteiger partial charge in [-0.3, -0.25) is 9.69 Å². The molecule has 1 aromatic heterocycles. The SMILES string of the molecule is O=c1cc(-c2ccccc2OCCN2CCCC2)oc2c(Cl)cccc12. The van der Waals surface area contributed by atoms with Crippen molar-refractivity contribution in [3.05, 3.63) is 63.8 Å². The molecule has 134 valence electrons. The van der Waals surface area contributed by atoms with E-state index in [1.807, 2.05) is 24.3 Å². The van der Waals surface area contributed by atoms with E-state index in [0.717, 1.165) is 25.2 Å². The molecule has 1 saturated heterocycles. The van der Waals surface area contributed by atoms with Crippen LogP contribution in [-0.2, 0) is 0 Å². The summed E-state index contributed by atoms with van der Waals surface area (Å²) in [6, 6.07) is 14.3. The van der Waals surface area contributed by atoms with Gasteiger partial charge in [0.25, 0.3) is 0 Å². The van der Waals surface area contributed by atoms with Gasteiger partial charge in [-0.1, -0.05) is 29.8 Å². The highest BCUT2D eigenvalue weighted by atomic mass is 35.5. The van der Waals surface area contributed by atoms with Crippen molar-refractivity contribution in [2.24, 2.45) is 0 Å². The Labute approximate surface area is 156 Å². The maximum atomic E-state index is 12.5. The summed E-state index contributed by atoms with van der Waals surface area (Å²) in [6.45, 7) is 3.80. The molecule has 1 aliphatic rings. The first-order valence-electron chi connectivity index (χ1n) is 8.89. The highest BCUT2D eigenvalue weighted by molar-refractivity contribution is 6.34. The number of para-hydroxylation sites is 2. The van der Waals surface area contributed by atoms with Crippen molar-refractivity contribution < 1.29 is 9.15 Å². The zero-order valence-corrected chi connectivity index (χ0v) is 15.2. The van der Waals surface area contributed by atoms with Crippen molar-refractivity contribution in [2.75, 3.05) is 26.2 Å². The van der Waals surface area contributed by atoms with E-state index in [1.165, 1.54) is 18.9 Å². The maximum Gasteiger partial charge on any atom is 0.193 e. The fourth-order valence-corrected chi connectivity index (χ4v) is 3.58. The molecule has 4 nitrogen and oxygen atoms in total. The van der Waals surface area contributed by atoms with Gasteiger partial charge in [0.05, 0.1) is 16.0 Å². The molecule has 0 N–H and O–H groups in total. The van der Waals surface area contributed by atoms with Crippen LogP contribution in [0.4, 0.5) is 0 Å². The minimum Gasteiger partial charge on any atom is -0.491 e. The summed E-state index contributed by atoms with van der Waals surface area (Å²) in [7, 11) is 0. The standard InChI is InChI=1S/C21H20ClNO3/c22-17-8-5-7-15-18(24)14-20(26-21(15)17)16-6-1-2-9-19(16)25-13-12-23-10-3-4-11-23/h1-2,5-9,14H,3-4,10-13H2. The minimum absolute atomic E-state index is 0.115. The van der Waals surface area contributed by atoms with Crippen LogP contribution in [0.2, 0.25) is 5.02 Å². The molecule has 1 aliphatic heterocycles. The van der Waals surface area contributed by atoms with E-state index in [4.69, 9.17) is 20.8 Å². The molecule has 1 fully saturated rings. The molecule has 2 heterocycles. The number of likely N-dealkylation sites (tertiary alicyclic amines) is 1. The lowest BCUT2D eigenvalue weighted by molar-refractivity contribution is 0.238. The molecule has 0 amide bonds. The number of hydrogen-bond donors (Lipinski definition) is 0. The lowest BCUT2D eigenvalue weighted by Gasteiger charge is -2.16. The zero-order valence-electron chi connectivity index (χ0n) is 14.4. The van der Waals surface area contributed by atoms with E-state index in [2.05, 4.69) is 4.90 Å². The molecule has 3 aromatic rings. The fraction of sp³-hybridized carbons (Fsp3) is 0.286. The van der Waals surface area contributed by atoms with Gasteiger partial charge in [-0.05, 0) is 50.2 Å². The van der Waals surface area contributed by atoms with Crippen molar-refractivity contribution in [2.45, 2.75) is 12.8 Å². The summed E-state index contributed by atoms with van der Waals surface area (Å²) in [5, 5.41) is 0.905. The Morgan fingerprint density at radius 3 is 2.73 bits per heavy atom. The van der Waals surface area contributed by atoms with Crippen molar-refractivity contribution in [3.63, 3.8) is 0 Å². The summed E-state index contributed by atoms with van der Waals surface area (Å²) in [5.74, 6) is 1.17. The number of fused-ring (bicyclic) bond motifs is 1. The average Bonchev–Trinajstić information content (AvgIpc) is 3.16. The van der Waals surface area contributed by atoms with Gasteiger partial charge in [-0.25, -0.2) is 0 Å². The monoisotopic (exact) mass is 369 g/mol. The van der Waals surface area contributed by atoms with Crippen molar-refractivity contribution in [3.8, 4) is 17.1 Å². The Hall–Kier alpha value is -2.30. The van der Waals surface area contributed by atoms with E-state index in [0.29, 0.717) is 34.1 Å². The molecule has 0 saturated carbocycles. The number of ether oxygens (including phenoxy) is 1. The Morgan fingerprint density at radius 2 is 1.88 bits per heavy atom. The Bertz CT molecular complexity index is 976. The molecule has 0 spiro atoms. The molecule has 0 bridgehead atoms. The zero-order chi connectivity index (χ0) is 17.9. The van der Waals surface area contributed by atoms with Crippen LogP contribution in [-0.4, -0.2) is 31.1 Å². The Morgan fingerprint density at radius 1 is 1.08 bits per heavy atom. The van der Waals surface area contributed by atoms with Crippen LogP contribution < -0.4 is 10.2 Å². The van der Waals surface area contributed by atoms with Crippen molar-refractivity contribution >= 4 is 22.6 Å². The summed E-state index contributed by atoms with van der Waals surface area (Å²) in [6.07, 6.45) is 2.53. The van der Waals surface area contributed by atoms with Crippen LogP contribution in [0.25, 0.3) is 22.3 Å². The third-order valence-electron chi connectivity index (χ3n) is 4.72. The normalized spacial score (nSPS) is 14.8. The van der Waals surface area contributed by atoms with E-state index >= 15 is 0 Å². The van der Waals surface area contributed by atoms with Gasteiger partial charge in [-0.15, -0.1) is 0 Å². The average molecular weight is 370 g/mol. The molecule has 26 heavy (non-hydrogen) atoms. The van der Waals surface area contributed by atoms with Gasteiger partial charge >= 0.3 is 0 Å². The van der Waals surface area contributed by atoms with Crippen LogP contribution in [0.1, 0.15) is 12.8 Å². The Balaban J connectivity index is 1.64. The number of hydrogen-bond acceptors (Lipinski definition) is 4. The van der Waals surface area contributed by atoms with Crippen LogP contribution in [0, 0.1) is 0 Å². The number of halogens is 1. The lowest BCUT2D eigenvalue weighted by atomic mass is 10.1. The summed E-state index contributed by atoms with van der Waals surface area (Å²) in [5.41, 5.74) is 1.05. The highest BCUT2D eigenvalue weighted by Crippen LogP contribution is 2.32. The number of benzene rings is 2. The molecule has 0 radical (unpaired) electrons. The molecule has 2 aromatic carbocycles. The topological polar surface area (TPSA) is 42.7 Å². The molecule has 4 rings (SSSR count). The van der Waals surface area contributed by atoms with Crippen molar-refractivity contribution in [1.82, 2.24) is 4.90 Å². The quantitative estimate of drug-likeness (QED) is 0.659. The fourth-order valence-electron chi connectivity index (χ4n) is 3.36. The van der Waals surface area contributed by atoms with Gasteiger partial charge < -0.3 is 9.15 Å². The van der Waals surface area contributed by atoms with Gasteiger partial charge in [0.1, 0.15) is 18.1 Å². The first-order chi connectivity index (χ1) is 12.7. The van der Waals surface area contributed by atoms with Crippen LogP contribution in [0.5, 0.6) is 5.75 Å². The predicted molar refractivity (Wildman–Crippen MR) is 104 cm³/mol. The molecule has 0 unspecified atom stereocenters. The van der Waals surface area contributed by atoms with E-state index in [-0.39, 0.29) is 5.43 Å². The van der Waals surface area contributed by atoms with E-state index < -0.39 is 0 Å². The van der Waals surface area contributed by atoms with E-state index in [1.54, 1.807) is 18.2 Å². The van der Waals surface area contributed by atoms with Gasteiger partial charge in [0.15, 0.2) is 11.0 Å². The second-order valence-corrected chi connectivity index (χ2v) is 6.89. The summed E-state index contributed by atoms with van der Waals surface area (Å²) in [4.78, 5) is 14.9. The first-order valence-corrected chi connectivity index (χ1v) is 9.27. The van der Waals surface area contributed by atoms with Crippen molar-refractivity contribution in [1.29, 1.82) is 0 Å². The first kappa shape index (κ1) is 17.1. The molecule has 0 aliphatic carbocycles. The third kappa shape index (κ3) is 3.48. The lowest BCUT2D eigenvalue weighted by Crippen LogP contribution is -2.25. The summed E-state index contributed by atoms with van der Waals surface area (Å²) < 4.78 is 12.0. The van der Waals surface area contributed by atoms with Gasteiger partial charge in [0, 0.05) is 12.6 Å². The van der Waals surface area contributed by atoms with Gasteiger partial charge in [0.2, 0.25) is 0 Å². The molecule has 0 atom stereocenters. The largest absolute Gasteiger partial charge is 0.491 e. The maximum absolute atomic E-state index is 12.5. The van der Waals surface area contributed by atoms with Crippen LogP contribution >= 0.6 is 11.6 Å². The predicted octanol–water partition coefficient (Wildman–Crippen LogP) is 4.59. The van der Waals surface area contributed by atoms with Gasteiger partial charge in [-0.2, -0.15) is 0 Å². The second kappa shape index (κ2) is 7.52. The Kier molecular flexibility index (Phi) is 4.96. The second-order valence-electron chi connectivity index (χ2n) is 6.48. The van der Waals surface area contributed by atoms with Crippen LogP contribution in [0.15, 0.2) is 57.7 Å². The third-order valence-corrected chi connectivity index (χ3v) is 5.02. The van der Waals surface area contributed by atoms with Crippen LogP contribution in [0.3, 0.4) is 0 Å². The minimum atomic E-state index is -0.115.